The molecule has 2 atom stereocenters. The van der Waals surface area contributed by atoms with E-state index in [1.807, 2.05) is 6.20 Å². The predicted molar refractivity (Wildman–Crippen MR) is 113 cm³/mol. The summed E-state index contributed by atoms with van der Waals surface area (Å²) in [5.74, 6) is 1.09. The quantitative estimate of drug-likeness (QED) is 0.442. The van der Waals surface area contributed by atoms with Gasteiger partial charge in [0.15, 0.2) is 0 Å². The molecule has 0 radical (unpaired) electrons. The lowest BCUT2D eigenvalue weighted by molar-refractivity contribution is 0.601. The van der Waals surface area contributed by atoms with Crippen LogP contribution < -0.4 is 5.32 Å². The highest BCUT2D eigenvalue weighted by atomic mass is 14.8. The maximum absolute atomic E-state index is 4.36. The SMILES string of the molecule is C=C(CC)N/C=C/CCC(C)C1=CC(C)=C(C(=C)C(C)CC)C(=C)C1. The first-order valence-electron chi connectivity index (χ1n) is 9.69. The summed E-state index contributed by atoms with van der Waals surface area (Å²) < 4.78 is 0. The molecule has 1 rings (SSSR count). The molecule has 2 unspecified atom stereocenters. The predicted octanol–water partition coefficient (Wildman–Crippen LogP) is 7.23. The average Bonchev–Trinajstić information content (AvgIpc) is 2.59. The minimum Gasteiger partial charge on any atom is -0.366 e. The van der Waals surface area contributed by atoms with Crippen molar-refractivity contribution in [3.05, 3.63) is 71.7 Å². The molecule has 0 spiro atoms. The Morgan fingerprint density at radius 3 is 2.52 bits per heavy atom. The zero-order valence-corrected chi connectivity index (χ0v) is 17.0. The molecular weight excluding hydrogens is 302 g/mol. The van der Waals surface area contributed by atoms with Gasteiger partial charge in [-0.05, 0) is 79.4 Å². The molecule has 138 valence electrons. The van der Waals surface area contributed by atoms with E-state index in [2.05, 4.69) is 71.8 Å². The van der Waals surface area contributed by atoms with E-state index >= 15 is 0 Å². The van der Waals surface area contributed by atoms with Crippen LogP contribution in [0.15, 0.2) is 71.7 Å². The molecule has 0 aromatic carbocycles. The van der Waals surface area contributed by atoms with E-state index in [9.17, 15) is 0 Å². The summed E-state index contributed by atoms with van der Waals surface area (Å²) in [6, 6.07) is 0. The first-order valence-corrected chi connectivity index (χ1v) is 9.69. The van der Waals surface area contributed by atoms with Crippen LogP contribution >= 0.6 is 0 Å². The van der Waals surface area contributed by atoms with Gasteiger partial charge in [-0.2, -0.15) is 0 Å². The smallest absolute Gasteiger partial charge is 0.00705 e. The first-order chi connectivity index (χ1) is 11.8. The van der Waals surface area contributed by atoms with Crippen molar-refractivity contribution < 1.29 is 0 Å². The molecule has 0 heterocycles. The van der Waals surface area contributed by atoms with Gasteiger partial charge in [-0.3, -0.25) is 0 Å². The molecule has 1 N–H and O–H groups in total. The highest BCUT2D eigenvalue weighted by Gasteiger charge is 2.21. The lowest BCUT2D eigenvalue weighted by atomic mass is 9.78. The molecule has 25 heavy (non-hydrogen) atoms. The molecule has 1 nitrogen and oxygen atoms in total. The van der Waals surface area contributed by atoms with Crippen molar-refractivity contribution in [3.8, 4) is 0 Å². The van der Waals surface area contributed by atoms with Crippen LogP contribution in [0.25, 0.3) is 0 Å². The second-order valence-electron chi connectivity index (χ2n) is 7.37. The first kappa shape index (κ1) is 21.3. The van der Waals surface area contributed by atoms with E-state index in [4.69, 9.17) is 0 Å². The van der Waals surface area contributed by atoms with Crippen molar-refractivity contribution in [1.29, 1.82) is 0 Å². The van der Waals surface area contributed by atoms with E-state index in [0.717, 1.165) is 37.8 Å². The number of rotatable bonds is 10. The summed E-state index contributed by atoms with van der Waals surface area (Å²) in [5.41, 5.74) is 7.70. The van der Waals surface area contributed by atoms with Crippen LogP contribution in [0.5, 0.6) is 0 Å². The van der Waals surface area contributed by atoms with Crippen LogP contribution in [0.3, 0.4) is 0 Å². The van der Waals surface area contributed by atoms with Crippen LogP contribution in [0.1, 0.15) is 66.7 Å². The Morgan fingerprint density at radius 1 is 1.28 bits per heavy atom. The number of hydrogen-bond donors (Lipinski definition) is 1. The molecule has 0 aliphatic heterocycles. The second kappa shape index (κ2) is 10.3. The summed E-state index contributed by atoms with van der Waals surface area (Å²) in [6.07, 6.45) is 11.9. The zero-order valence-electron chi connectivity index (χ0n) is 17.0. The fourth-order valence-corrected chi connectivity index (χ4v) is 3.20. The lowest BCUT2D eigenvalue weighted by Gasteiger charge is -2.27. The van der Waals surface area contributed by atoms with Crippen molar-refractivity contribution in [1.82, 2.24) is 5.32 Å². The van der Waals surface area contributed by atoms with E-state index in [0.29, 0.717) is 11.8 Å². The van der Waals surface area contributed by atoms with Crippen molar-refractivity contribution >= 4 is 0 Å². The van der Waals surface area contributed by atoms with Gasteiger partial charge in [-0.1, -0.05) is 65.2 Å². The Hall–Kier alpha value is -1.76. The van der Waals surface area contributed by atoms with Crippen molar-refractivity contribution in [2.45, 2.75) is 66.7 Å². The van der Waals surface area contributed by atoms with Gasteiger partial charge in [-0.25, -0.2) is 0 Å². The van der Waals surface area contributed by atoms with Gasteiger partial charge < -0.3 is 5.32 Å². The normalized spacial score (nSPS) is 17.5. The Labute approximate surface area is 156 Å². The van der Waals surface area contributed by atoms with E-state index in [-0.39, 0.29) is 0 Å². The summed E-state index contributed by atoms with van der Waals surface area (Å²) in [7, 11) is 0. The molecule has 0 saturated carbocycles. The van der Waals surface area contributed by atoms with Gasteiger partial charge in [0.1, 0.15) is 0 Å². The van der Waals surface area contributed by atoms with Gasteiger partial charge in [0.2, 0.25) is 0 Å². The van der Waals surface area contributed by atoms with Crippen LogP contribution in [0.2, 0.25) is 0 Å². The number of hydrogen-bond acceptors (Lipinski definition) is 1. The molecule has 1 aliphatic carbocycles. The van der Waals surface area contributed by atoms with E-state index in [1.54, 1.807) is 0 Å². The van der Waals surface area contributed by atoms with E-state index < -0.39 is 0 Å². The van der Waals surface area contributed by atoms with Gasteiger partial charge >= 0.3 is 0 Å². The molecule has 0 aromatic heterocycles. The molecule has 0 saturated heterocycles. The standard InChI is InChI=1S/C24H37N/c1-9-17(3)22(8)24-19(5)15-23(16-20(24)6)18(4)13-11-12-14-25-21(7)10-2/h12,14,16-18,25H,5,7-11,13,15H2,1-4,6H3/b14-12+. The second-order valence-corrected chi connectivity index (χ2v) is 7.37. The molecule has 1 heteroatoms. The molecule has 0 bridgehead atoms. The molecule has 0 aromatic rings. The average molecular weight is 340 g/mol. The summed E-state index contributed by atoms with van der Waals surface area (Å²) >= 11 is 0. The fourth-order valence-electron chi connectivity index (χ4n) is 3.20. The van der Waals surface area contributed by atoms with Gasteiger partial charge in [0, 0.05) is 5.70 Å². The van der Waals surface area contributed by atoms with Gasteiger partial charge in [0.05, 0.1) is 0 Å². The van der Waals surface area contributed by atoms with Crippen LogP contribution in [0.4, 0.5) is 0 Å². The molecule has 0 fully saturated rings. The maximum atomic E-state index is 4.36. The van der Waals surface area contributed by atoms with Crippen LogP contribution in [-0.2, 0) is 0 Å². The fraction of sp³-hybridized carbons (Fsp3) is 0.500. The largest absolute Gasteiger partial charge is 0.366 e. The lowest BCUT2D eigenvalue weighted by Crippen LogP contribution is -2.11. The Morgan fingerprint density at radius 2 is 1.96 bits per heavy atom. The summed E-state index contributed by atoms with van der Waals surface area (Å²) in [4.78, 5) is 0. The Balaban J connectivity index is 2.70. The zero-order chi connectivity index (χ0) is 19.0. The topological polar surface area (TPSA) is 12.0 Å². The third-order valence-corrected chi connectivity index (χ3v) is 5.33. The Kier molecular flexibility index (Phi) is 8.75. The Bertz CT molecular complexity index is 598. The summed E-state index contributed by atoms with van der Waals surface area (Å²) in [6.45, 7) is 23.8. The monoisotopic (exact) mass is 339 g/mol. The summed E-state index contributed by atoms with van der Waals surface area (Å²) in [5, 5.41) is 3.21. The van der Waals surface area contributed by atoms with Gasteiger partial charge in [-0.15, -0.1) is 0 Å². The third-order valence-electron chi connectivity index (χ3n) is 5.33. The van der Waals surface area contributed by atoms with Crippen LogP contribution in [-0.4, -0.2) is 0 Å². The number of allylic oxidation sites excluding steroid dienone is 8. The van der Waals surface area contributed by atoms with E-state index in [1.165, 1.54) is 27.9 Å². The van der Waals surface area contributed by atoms with Gasteiger partial charge in [0.25, 0.3) is 0 Å². The molecular formula is C24H37N. The van der Waals surface area contributed by atoms with Crippen LogP contribution in [0, 0.1) is 11.8 Å². The highest BCUT2D eigenvalue weighted by molar-refractivity contribution is 5.55. The number of nitrogens with one attached hydrogen (secondary N) is 1. The molecule has 0 amide bonds. The maximum Gasteiger partial charge on any atom is 0.00705 e. The van der Waals surface area contributed by atoms with Crippen molar-refractivity contribution in [3.63, 3.8) is 0 Å². The highest BCUT2D eigenvalue weighted by Crippen LogP contribution is 2.38. The molecule has 1 aliphatic rings. The van der Waals surface area contributed by atoms with Crippen molar-refractivity contribution in [2.24, 2.45) is 11.8 Å². The third kappa shape index (κ3) is 6.23. The van der Waals surface area contributed by atoms with Crippen molar-refractivity contribution in [2.75, 3.05) is 0 Å². The minimum atomic E-state index is 0.518. The minimum absolute atomic E-state index is 0.518.